The molecule has 1 fully saturated rings. The smallest absolute Gasteiger partial charge is 0.303 e. The highest BCUT2D eigenvalue weighted by Crippen LogP contribution is 2.26. The van der Waals surface area contributed by atoms with E-state index in [4.69, 9.17) is 10.4 Å². The number of Topliss-reactive ketones (excluding diaryl/α,β-unsaturated/α-hetero) is 2. The van der Waals surface area contributed by atoms with Crippen molar-refractivity contribution in [3.63, 3.8) is 0 Å². The molecule has 3 N–H and O–H groups in total. The maximum Gasteiger partial charge on any atom is 0.303 e. The van der Waals surface area contributed by atoms with E-state index in [1.54, 1.807) is 0 Å². The molecule has 0 aromatic carbocycles. The molecule has 10 nitrogen and oxygen atoms in total. The molecule has 2 aliphatic heterocycles. The summed E-state index contributed by atoms with van der Waals surface area (Å²) >= 11 is 0. The second-order valence-electron chi connectivity index (χ2n) is 4.46. The summed E-state index contributed by atoms with van der Waals surface area (Å²) in [5.74, 6) is -3.91. The molecule has 3 rings (SSSR count). The zero-order chi connectivity index (χ0) is 16.0. The quantitative estimate of drug-likeness (QED) is 0.351. The number of hydrogen-bond acceptors (Lipinski definition) is 8. The molecule has 3 aliphatic rings. The van der Waals surface area contributed by atoms with Gasteiger partial charge in [0.2, 0.25) is 23.0 Å². The maximum absolute atomic E-state index is 12.2. The van der Waals surface area contributed by atoms with Crippen LogP contribution in [0.2, 0.25) is 0 Å². The molecule has 10 heteroatoms. The van der Waals surface area contributed by atoms with Crippen LogP contribution in [0.4, 0.5) is 0 Å². The number of amides is 2. The fourth-order valence-electron chi connectivity index (χ4n) is 2.36. The van der Waals surface area contributed by atoms with E-state index in [0.717, 1.165) is 0 Å². The zero-order valence-corrected chi connectivity index (χ0v) is 10.6. The number of nitrogens with one attached hydrogen (secondary N) is 1. The Morgan fingerprint density at radius 3 is 2.36 bits per heavy atom. The Balaban J connectivity index is 2.27. The number of rotatable bonds is 0. The number of carbonyl (C=O) groups excluding carboxylic acids is 4. The Kier molecular flexibility index (Phi) is 2.80. The molecule has 1 aliphatic carbocycles. The van der Waals surface area contributed by atoms with Crippen molar-refractivity contribution >= 4 is 40.5 Å². The minimum atomic E-state index is -1.04. The van der Waals surface area contributed by atoms with Gasteiger partial charge in [0.1, 0.15) is 0 Å². The summed E-state index contributed by atoms with van der Waals surface area (Å²) in [5, 5.41) is 25.1. The maximum atomic E-state index is 12.2. The van der Waals surface area contributed by atoms with E-state index < -0.39 is 40.8 Å². The summed E-state index contributed by atoms with van der Waals surface area (Å²) in [5.41, 5.74) is -2.19. The average Bonchev–Trinajstić information content (AvgIpc) is 2.47. The van der Waals surface area contributed by atoms with Crippen molar-refractivity contribution in [2.45, 2.75) is 6.04 Å². The minimum absolute atomic E-state index is 0.0876. The molecule has 2 amide bonds. The monoisotopic (exact) mass is 302 g/mol. The SMILES string of the molecule is O=C1N=C2C=CC3NC(=O)C(=NO)C(=O)C3=C2C(=O)C1=NO. The van der Waals surface area contributed by atoms with Gasteiger partial charge < -0.3 is 15.7 Å². The second kappa shape index (κ2) is 4.55. The van der Waals surface area contributed by atoms with Crippen molar-refractivity contribution < 1.29 is 29.6 Å². The van der Waals surface area contributed by atoms with E-state index >= 15 is 0 Å². The molecule has 110 valence electrons. The number of hydrogen-bond donors (Lipinski definition) is 3. The lowest BCUT2D eigenvalue weighted by Crippen LogP contribution is -2.53. The Morgan fingerprint density at radius 2 is 1.73 bits per heavy atom. The lowest BCUT2D eigenvalue weighted by Gasteiger charge is -2.29. The lowest BCUT2D eigenvalue weighted by molar-refractivity contribution is -0.120. The van der Waals surface area contributed by atoms with Crippen LogP contribution in [0.5, 0.6) is 0 Å². The Hall–Kier alpha value is -3.43. The highest BCUT2D eigenvalue weighted by atomic mass is 16.4. The van der Waals surface area contributed by atoms with Gasteiger partial charge in [0.25, 0.3) is 5.91 Å². The van der Waals surface area contributed by atoms with Crippen molar-refractivity contribution in [3.05, 3.63) is 23.3 Å². The molecule has 1 unspecified atom stereocenters. The number of fused-ring (bicyclic) bond motifs is 2. The first-order valence-electron chi connectivity index (χ1n) is 5.89. The average molecular weight is 302 g/mol. The summed E-state index contributed by atoms with van der Waals surface area (Å²) in [4.78, 5) is 51.1. The van der Waals surface area contributed by atoms with E-state index in [-0.39, 0.29) is 16.9 Å². The van der Waals surface area contributed by atoms with Crippen molar-refractivity contribution in [2.24, 2.45) is 15.3 Å². The number of nitrogens with zero attached hydrogens (tertiary/aromatic N) is 3. The fraction of sp³-hybridized carbons (Fsp3) is 0.0833. The summed E-state index contributed by atoms with van der Waals surface area (Å²) in [6.45, 7) is 0. The van der Waals surface area contributed by atoms with Crippen LogP contribution in [0.3, 0.4) is 0 Å². The van der Waals surface area contributed by atoms with Crippen molar-refractivity contribution in [3.8, 4) is 0 Å². The van der Waals surface area contributed by atoms with Gasteiger partial charge in [-0.3, -0.25) is 19.2 Å². The third-order valence-corrected chi connectivity index (χ3v) is 3.31. The van der Waals surface area contributed by atoms with Gasteiger partial charge in [-0.15, -0.1) is 0 Å². The summed E-state index contributed by atoms with van der Waals surface area (Å²) < 4.78 is 0. The third kappa shape index (κ3) is 1.63. The van der Waals surface area contributed by atoms with Gasteiger partial charge in [-0.05, 0) is 6.08 Å². The molecule has 0 aromatic rings. The van der Waals surface area contributed by atoms with Gasteiger partial charge in [-0.25, -0.2) is 4.99 Å². The van der Waals surface area contributed by atoms with Gasteiger partial charge in [-0.1, -0.05) is 16.4 Å². The molecule has 0 bridgehead atoms. The highest BCUT2D eigenvalue weighted by Gasteiger charge is 2.44. The van der Waals surface area contributed by atoms with Crippen molar-refractivity contribution in [1.29, 1.82) is 0 Å². The second-order valence-corrected chi connectivity index (χ2v) is 4.46. The number of carbonyl (C=O) groups is 4. The third-order valence-electron chi connectivity index (χ3n) is 3.31. The Labute approximate surface area is 121 Å². The van der Waals surface area contributed by atoms with Gasteiger partial charge in [0.05, 0.1) is 17.3 Å². The van der Waals surface area contributed by atoms with Gasteiger partial charge in [-0.2, -0.15) is 0 Å². The van der Waals surface area contributed by atoms with Crippen molar-refractivity contribution in [2.75, 3.05) is 0 Å². The predicted octanol–water partition coefficient (Wildman–Crippen LogP) is -1.87. The molecule has 1 atom stereocenters. The van der Waals surface area contributed by atoms with Gasteiger partial charge in [0.15, 0.2) is 0 Å². The van der Waals surface area contributed by atoms with Gasteiger partial charge >= 0.3 is 5.91 Å². The van der Waals surface area contributed by atoms with E-state index in [9.17, 15) is 19.2 Å². The van der Waals surface area contributed by atoms with Crippen LogP contribution >= 0.6 is 0 Å². The Bertz CT molecular complexity index is 813. The first-order chi connectivity index (χ1) is 10.5. The number of ketones is 2. The lowest BCUT2D eigenvalue weighted by atomic mass is 9.80. The molecular weight excluding hydrogens is 296 g/mol. The molecule has 0 saturated carbocycles. The summed E-state index contributed by atoms with van der Waals surface area (Å²) in [6.07, 6.45) is 2.66. The summed E-state index contributed by atoms with van der Waals surface area (Å²) in [6, 6.07) is -0.934. The molecule has 0 aromatic heterocycles. The van der Waals surface area contributed by atoms with Crippen LogP contribution in [0.25, 0.3) is 0 Å². The van der Waals surface area contributed by atoms with E-state index in [2.05, 4.69) is 20.6 Å². The van der Waals surface area contributed by atoms with Crippen LogP contribution in [0.1, 0.15) is 0 Å². The van der Waals surface area contributed by atoms with Gasteiger partial charge in [0, 0.05) is 5.57 Å². The number of aliphatic imine (C=N–C) groups is 1. The molecule has 1 saturated heterocycles. The van der Waals surface area contributed by atoms with Crippen LogP contribution in [0, 0.1) is 0 Å². The predicted molar refractivity (Wildman–Crippen MR) is 69.0 cm³/mol. The van der Waals surface area contributed by atoms with E-state index in [0.29, 0.717) is 0 Å². The zero-order valence-electron chi connectivity index (χ0n) is 10.6. The highest BCUT2D eigenvalue weighted by molar-refractivity contribution is 6.77. The normalized spacial score (nSPS) is 27.8. The summed E-state index contributed by atoms with van der Waals surface area (Å²) in [7, 11) is 0. The molecule has 0 radical (unpaired) electrons. The van der Waals surface area contributed by atoms with Crippen molar-refractivity contribution in [1.82, 2.24) is 5.32 Å². The fourth-order valence-corrected chi connectivity index (χ4v) is 2.36. The van der Waals surface area contributed by atoms with Crippen LogP contribution in [-0.2, 0) is 19.2 Å². The number of oxime groups is 2. The number of piperidine rings is 1. The van der Waals surface area contributed by atoms with E-state index in [1.165, 1.54) is 12.2 Å². The van der Waals surface area contributed by atoms with E-state index in [1.807, 2.05) is 0 Å². The standard InChI is InChI=1S/C12H6N4O6/c17-9-5-3(13-11(19)7(9)15-21)1-2-4-6(5)10(18)8(16-22)12(20)14-4/h1-3,21-22H,(H,13,19). The van der Waals surface area contributed by atoms with Crippen LogP contribution < -0.4 is 5.32 Å². The molecule has 22 heavy (non-hydrogen) atoms. The van der Waals surface area contributed by atoms with Crippen LogP contribution in [0.15, 0.2) is 38.6 Å². The molecular formula is C12H6N4O6. The minimum Gasteiger partial charge on any atom is -0.410 e. The first kappa shape index (κ1) is 13.5. The number of allylic oxidation sites excluding steroid dienone is 2. The first-order valence-corrected chi connectivity index (χ1v) is 5.89. The molecule has 2 heterocycles. The Morgan fingerprint density at radius 1 is 1.05 bits per heavy atom. The topological polar surface area (TPSA) is 158 Å². The molecule has 0 spiro atoms. The van der Waals surface area contributed by atoms with Crippen LogP contribution in [-0.4, -0.2) is 57.0 Å². The largest absolute Gasteiger partial charge is 0.410 e.